The number of ether oxygens (including phenoxy) is 2. The number of rotatable bonds is 8. The molecule has 0 aliphatic heterocycles. The molecule has 1 atom stereocenters. The lowest BCUT2D eigenvalue weighted by molar-refractivity contribution is 0.112. The topological polar surface area (TPSA) is 35.5 Å². The predicted octanol–water partition coefficient (Wildman–Crippen LogP) is 4.65. The van der Waals surface area contributed by atoms with Gasteiger partial charge in [-0.15, -0.1) is 0 Å². The van der Waals surface area contributed by atoms with Crippen LogP contribution in [0.3, 0.4) is 0 Å². The van der Waals surface area contributed by atoms with E-state index in [0.717, 1.165) is 36.2 Å². The van der Waals surface area contributed by atoms with E-state index >= 15 is 0 Å². The monoisotopic (exact) mass is 298 g/mol. The zero-order valence-corrected chi connectivity index (χ0v) is 13.1. The summed E-state index contributed by atoms with van der Waals surface area (Å²) in [5.41, 5.74) is 1.73. The highest BCUT2D eigenvalue weighted by Gasteiger charge is 2.03. The first kappa shape index (κ1) is 16.1. The Morgan fingerprint density at radius 2 is 1.64 bits per heavy atom. The van der Waals surface area contributed by atoms with Crippen LogP contribution in [0.4, 0.5) is 0 Å². The molecular weight excluding hydrogens is 276 g/mol. The van der Waals surface area contributed by atoms with E-state index in [-0.39, 0.29) is 6.10 Å². The van der Waals surface area contributed by atoms with Crippen LogP contribution in [0.5, 0.6) is 11.5 Å². The molecule has 0 saturated carbocycles. The van der Waals surface area contributed by atoms with Gasteiger partial charge < -0.3 is 9.47 Å². The van der Waals surface area contributed by atoms with Gasteiger partial charge in [0, 0.05) is 5.56 Å². The Morgan fingerprint density at radius 3 is 2.23 bits per heavy atom. The maximum absolute atomic E-state index is 10.6. The maximum Gasteiger partial charge on any atom is 0.150 e. The Morgan fingerprint density at radius 1 is 1.00 bits per heavy atom. The summed E-state index contributed by atoms with van der Waals surface area (Å²) in [6.45, 7) is 4.73. The van der Waals surface area contributed by atoms with Crippen molar-refractivity contribution in [1.29, 1.82) is 0 Å². The van der Waals surface area contributed by atoms with Crippen molar-refractivity contribution in [2.75, 3.05) is 0 Å². The lowest BCUT2D eigenvalue weighted by atomic mass is 10.2. The first-order chi connectivity index (χ1) is 10.7. The average molecular weight is 298 g/mol. The molecule has 0 aliphatic carbocycles. The summed E-state index contributed by atoms with van der Waals surface area (Å²) in [6.07, 6.45) is 3.24. The van der Waals surface area contributed by atoms with E-state index in [1.807, 2.05) is 24.3 Å². The zero-order valence-electron chi connectivity index (χ0n) is 13.1. The molecular formula is C19H22O3. The van der Waals surface area contributed by atoms with Crippen LogP contribution in [-0.4, -0.2) is 12.4 Å². The number of benzene rings is 2. The molecule has 3 heteroatoms. The second kappa shape index (κ2) is 8.23. The first-order valence-corrected chi connectivity index (χ1v) is 7.65. The number of carbonyl (C=O) groups is 1. The van der Waals surface area contributed by atoms with E-state index in [2.05, 4.69) is 13.8 Å². The molecule has 0 saturated heterocycles. The quantitative estimate of drug-likeness (QED) is 0.666. The third-order valence-corrected chi connectivity index (χ3v) is 3.38. The molecule has 116 valence electrons. The molecule has 22 heavy (non-hydrogen) atoms. The summed E-state index contributed by atoms with van der Waals surface area (Å²) in [7, 11) is 0. The molecule has 0 radical (unpaired) electrons. The van der Waals surface area contributed by atoms with Crippen LogP contribution in [0.15, 0.2) is 48.5 Å². The Balaban J connectivity index is 1.86. The van der Waals surface area contributed by atoms with E-state index in [1.54, 1.807) is 24.3 Å². The zero-order chi connectivity index (χ0) is 15.8. The van der Waals surface area contributed by atoms with Gasteiger partial charge in [0.25, 0.3) is 0 Å². The van der Waals surface area contributed by atoms with Gasteiger partial charge in [-0.05, 0) is 55.3 Å². The van der Waals surface area contributed by atoms with E-state index in [9.17, 15) is 4.79 Å². The molecule has 0 aliphatic rings. The number of aldehydes is 1. The van der Waals surface area contributed by atoms with E-state index in [0.29, 0.717) is 12.2 Å². The molecule has 0 aromatic heterocycles. The van der Waals surface area contributed by atoms with Crippen molar-refractivity contribution in [2.24, 2.45) is 0 Å². The Bertz CT molecular complexity index is 573. The molecule has 0 fully saturated rings. The summed E-state index contributed by atoms with van der Waals surface area (Å²) >= 11 is 0. The van der Waals surface area contributed by atoms with Crippen molar-refractivity contribution in [3.05, 3.63) is 59.7 Å². The summed E-state index contributed by atoms with van der Waals surface area (Å²) in [6, 6.07) is 15.0. The van der Waals surface area contributed by atoms with E-state index in [1.165, 1.54) is 0 Å². The molecule has 2 aromatic carbocycles. The van der Waals surface area contributed by atoms with Crippen molar-refractivity contribution in [3.63, 3.8) is 0 Å². The van der Waals surface area contributed by atoms with Gasteiger partial charge in [-0.3, -0.25) is 4.79 Å². The Kier molecular flexibility index (Phi) is 6.01. The molecule has 0 bridgehead atoms. The average Bonchev–Trinajstić information content (AvgIpc) is 2.55. The van der Waals surface area contributed by atoms with Crippen molar-refractivity contribution in [2.45, 2.75) is 39.4 Å². The van der Waals surface area contributed by atoms with Crippen molar-refractivity contribution >= 4 is 6.29 Å². The largest absolute Gasteiger partial charge is 0.491 e. The first-order valence-electron chi connectivity index (χ1n) is 7.65. The van der Waals surface area contributed by atoms with Gasteiger partial charge in [0.1, 0.15) is 24.4 Å². The molecule has 0 amide bonds. The molecule has 0 N–H and O–H groups in total. The summed E-state index contributed by atoms with van der Waals surface area (Å²) in [5, 5.41) is 0. The van der Waals surface area contributed by atoms with Gasteiger partial charge in [-0.25, -0.2) is 0 Å². The molecule has 0 unspecified atom stereocenters. The molecule has 3 nitrogen and oxygen atoms in total. The number of hydrogen-bond donors (Lipinski definition) is 0. The highest BCUT2D eigenvalue weighted by atomic mass is 16.5. The van der Waals surface area contributed by atoms with Crippen LogP contribution in [0.1, 0.15) is 42.6 Å². The minimum atomic E-state index is 0.239. The fraction of sp³-hybridized carbons (Fsp3) is 0.316. The lowest BCUT2D eigenvalue weighted by Crippen LogP contribution is -2.10. The fourth-order valence-corrected chi connectivity index (χ4v) is 2.17. The van der Waals surface area contributed by atoms with Crippen molar-refractivity contribution in [3.8, 4) is 11.5 Å². The Hall–Kier alpha value is -2.29. The van der Waals surface area contributed by atoms with Gasteiger partial charge in [0.15, 0.2) is 0 Å². The smallest absolute Gasteiger partial charge is 0.150 e. The normalized spacial score (nSPS) is 11.7. The van der Waals surface area contributed by atoms with Crippen LogP contribution in [0.25, 0.3) is 0 Å². The predicted molar refractivity (Wildman–Crippen MR) is 87.6 cm³/mol. The second-order valence-electron chi connectivity index (χ2n) is 5.34. The lowest BCUT2D eigenvalue weighted by Gasteiger charge is -2.14. The van der Waals surface area contributed by atoms with E-state index in [4.69, 9.17) is 9.47 Å². The minimum absolute atomic E-state index is 0.239. The standard InChI is InChI=1S/C19H22O3/c1-3-4-15(2)22-19-11-7-17(8-12-19)14-21-18-9-5-16(13-20)6-10-18/h5-13,15H,3-4,14H2,1-2H3/t15-/m1/s1. The minimum Gasteiger partial charge on any atom is -0.491 e. The van der Waals surface area contributed by atoms with Gasteiger partial charge in [0.2, 0.25) is 0 Å². The second-order valence-corrected chi connectivity index (χ2v) is 5.34. The van der Waals surface area contributed by atoms with Crippen molar-refractivity contribution in [1.82, 2.24) is 0 Å². The molecule has 0 spiro atoms. The number of carbonyl (C=O) groups excluding carboxylic acids is 1. The Labute approximate surface area is 131 Å². The summed E-state index contributed by atoms with van der Waals surface area (Å²) < 4.78 is 11.5. The highest BCUT2D eigenvalue weighted by Crippen LogP contribution is 2.18. The van der Waals surface area contributed by atoms with Gasteiger partial charge >= 0.3 is 0 Å². The van der Waals surface area contributed by atoms with Crippen molar-refractivity contribution < 1.29 is 14.3 Å². The third-order valence-electron chi connectivity index (χ3n) is 3.38. The van der Waals surface area contributed by atoms with Gasteiger partial charge in [-0.1, -0.05) is 25.5 Å². The fourth-order valence-electron chi connectivity index (χ4n) is 2.17. The van der Waals surface area contributed by atoms with Gasteiger partial charge in [0.05, 0.1) is 6.10 Å². The van der Waals surface area contributed by atoms with Crippen LogP contribution < -0.4 is 9.47 Å². The molecule has 2 aromatic rings. The van der Waals surface area contributed by atoms with Crippen LogP contribution >= 0.6 is 0 Å². The summed E-state index contributed by atoms with van der Waals surface area (Å²) in [4.78, 5) is 10.6. The summed E-state index contributed by atoms with van der Waals surface area (Å²) in [5.74, 6) is 1.64. The molecule has 2 rings (SSSR count). The highest BCUT2D eigenvalue weighted by molar-refractivity contribution is 5.74. The SMILES string of the molecule is CCC[C@@H](C)Oc1ccc(COc2ccc(C=O)cc2)cc1. The number of hydrogen-bond acceptors (Lipinski definition) is 3. The maximum atomic E-state index is 10.6. The van der Waals surface area contributed by atoms with Crippen LogP contribution in [-0.2, 0) is 6.61 Å². The third kappa shape index (κ3) is 4.92. The van der Waals surface area contributed by atoms with Crippen LogP contribution in [0, 0.1) is 0 Å². The molecule has 0 heterocycles. The van der Waals surface area contributed by atoms with Gasteiger partial charge in [-0.2, -0.15) is 0 Å². The van der Waals surface area contributed by atoms with E-state index < -0.39 is 0 Å². The van der Waals surface area contributed by atoms with Crippen LogP contribution in [0.2, 0.25) is 0 Å².